The summed E-state index contributed by atoms with van der Waals surface area (Å²) in [6.45, 7) is 4.80. The van der Waals surface area contributed by atoms with Gasteiger partial charge in [-0.3, -0.25) is 0 Å². The topological polar surface area (TPSA) is 12.5 Å². The molecule has 0 amide bonds. The fraction of sp³-hybridized carbons (Fsp3) is 0.538. The van der Waals surface area contributed by atoms with Crippen molar-refractivity contribution in [2.45, 2.75) is 24.7 Å². The summed E-state index contributed by atoms with van der Waals surface area (Å²) in [5.41, 5.74) is 2.44. The first kappa shape index (κ1) is 13.2. The van der Waals surface area contributed by atoms with Crippen LogP contribution >= 0.6 is 27.5 Å². The van der Waals surface area contributed by atoms with Gasteiger partial charge < -0.3 is 9.64 Å². The van der Waals surface area contributed by atoms with Gasteiger partial charge in [-0.2, -0.15) is 0 Å². The van der Waals surface area contributed by atoms with Crippen molar-refractivity contribution >= 4 is 27.5 Å². The Labute approximate surface area is 116 Å². The van der Waals surface area contributed by atoms with E-state index < -0.39 is 0 Å². The van der Waals surface area contributed by atoms with Crippen LogP contribution in [-0.4, -0.2) is 29.9 Å². The number of benzene rings is 1. The van der Waals surface area contributed by atoms with Gasteiger partial charge in [-0.15, -0.1) is 0 Å². The molecule has 1 aromatic carbocycles. The summed E-state index contributed by atoms with van der Waals surface area (Å²) in [6, 6.07) is 4.03. The van der Waals surface area contributed by atoms with Gasteiger partial charge in [-0.05, 0) is 24.7 Å². The molecule has 2 nitrogen and oxygen atoms in total. The number of rotatable bonds is 4. The average molecular weight is 319 g/mol. The lowest BCUT2D eigenvalue weighted by molar-refractivity contribution is 0.314. The summed E-state index contributed by atoms with van der Waals surface area (Å²) in [5, 5.41) is 0.810. The first-order valence-electron chi connectivity index (χ1n) is 5.83. The zero-order valence-electron chi connectivity index (χ0n) is 10.2. The molecule has 4 heteroatoms. The van der Waals surface area contributed by atoms with Crippen LogP contribution in [0.3, 0.4) is 0 Å². The molecule has 0 radical (unpaired) electrons. The van der Waals surface area contributed by atoms with E-state index in [0.717, 1.165) is 36.9 Å². The number of fused-ring (bicyclic) bond motifs is 1. The van der Waals surface area contributed by atoms with E-state index >= 15 is 0 Å². The van der Waals surface area contributed by atoms with E-state index in [2.05, 4.69) is 34.8 Å². The van der Waals surface area contributed by atoms with Crippen LogP contribution < -0.4 is 4.74 Å². The normalized spacial score (nSPS) is 15.8. The first-order valence-corrected chi connectivity index (χ1v) is 7.12. The van der Waals surface area contributed by atoms with Crippen LogP contribution in [0.2, 0.25) is 5.02 Å². The number of hydrogen-bond acceptors (Lipinski definition) is 2. The lowest BCUT2D eigenvalue weighted by Crippen LogP contribution is -2.24. The van der Waals surface area contributed by atoms with Crippen LogP contribution in [0.25, 0.3) is 0 Å². The molecule has 0 fully saturated rings. The van der Waals surface area contributed by atoms with Crippen molar-refractivity contribution in [2.24, 2.45) is 0 Å². The lowest BCUT2D eigenvalue weighted by Gasteiger charge is -2.19. The minimum Gasteiger partial charge on any atom is -0.493 e. The van der Waals surface area contributed by atoms with Gasteiger partial charge in [-0.1, -0.05) is 34.5 Å². The lowest BCUT2D eigenvalue weighted by atomic mass is 10.1. The molecular weight excluding hydrogens is 302 g/mol. The van der Waals surface area contributed by atoms with E-state index in [1.165, 1.54) is 11.1 Å². The van der Waals surface area contributed by atoms with Gasteiger partial charge in [-0.25, -0.2) is 0 Å². The van der Waals surface area contributed by atoms with Crippen LogP contribution in [-0.2, 0) is 13.0 Å². The molecule has 17 heavy (non-hydrogen) atoms. The molecule has 1 atom stereocenters. The number of hydrogen-bond donors (Lipinski definition) is 0. The zero-order chi connectivity index (χ0) is 12.4. The van der Waals surface area contributed by atoms with Crippen LogP contribution in [0, 0.1) is 0 Å². The Bertz CT molecular complexity index is 409. The van der Waals surface area contributed by atoms with Crippen molar-refractivity contribution in [1.82, 2.24) is 4.90 Å². The third-order valence-electron chi connectivity index (χ3n) is 2.83. The van der Waals surface area contributed by atoms with Gasteiger partial charge >= 0.3 is 0 Å². The van der Waals surface area contributed by atoms with E-state index in [0.29, 0.717) is 4.83 Å². The summed E-state index contributed by atoms with van der Waals surface area (Å²) in [4.78, 5) is 2.76. The maximum atomic E-state index is 6.13. The highest BCUT2D eigenvalue weighted by Gasteiger charge is 2.18. The zero-order valence-corrected chi connectivity index (χ0v) is 12.5. The molecule has 94 valence electrons. The second-order valence-corrected chi connectivity index (χ2v) is 6.63. The van der Waals surface area contributed by atoms with Gasteiger partial charge in [0.15, 0.2) is 0 Å². The predicted octanol–water partition coefficient (Wildman–Crippen LogP) is 3.49. The Morgan fingerprint density at radius 3 is 3.00 bits per heavy atom. The number of ether oxygens (including phenoxy) is 1. The van der Waals surface area contributed by atoms with Gasteiger partial charge in [0.1, 0.15) is 5.75 Å². The molecule has 0 aliphatic carbocycles. The van der Waals surface area contributed by atoms with E-state index in [-0.39, 0.29) is 0 Å². The van der Waals surface area contributed by atoms with Gasteiger partial charge in [0, 0.05) is 34.9 Å². The number of nitrogens with zero attached hydrogens (tertiary/aromatic N) is 1. The standard InChI is InChI=1S/C13H17BrClNO/c1-9(14)7-16(2)8-11-6-12(15)5-10-3-4-17-13(10)11/h5-6,9H,3-4,7-8H2,1-2H3. The third kappa shape index (κ3) is 3.36. The Morgan fingerprint density at radius 2 is 2.29 bits per heavy atom. The molecule has 0 bridgehead atoms. The smallest absolute Gasteiger partial charge is 0.127 e. The Hall–Kier alpha value is -0.250. The molecule has 0 aromatic heterocycles. The van der Waals surface area contributed by atoms with Crippen LogP contribution in [0.1, 0.15) is 18.1 Å². The van der Waals surface area contributed by atoms with Crippen molar-refractivity contribution in [3.8, 4) is 5.75 Å². The number of alkyl halides is 1. The molecule has 0 spiro atoms. The molecule has 1 aromatic rings. The molecule has 1 unspecified atom stereocenters. The molecule has 0 saturated heterocycles. The predicted molar refractivity (Wildman–Crippen MR) is 75.4 cm³/mol. The van der Waals surface area contributed by atoms with Crippen LogP contribution in [0.5, 0.6) is 5.75 Å². The van der Waals surface area contributed by atoms with E-state index in [4.69, 9.17) is 16.3 Å². The van der Waals surface area contributed by atoms with Crippen molar-refractivity contribution in [3.05, 3.63) is 28.3 Å². The minimum atomic E-state index is 0.487. The molecular formula is C13H17BrClNO. The van der Waals surface area contributed by atoms with Crippen LogP contribution in [0.15, 0.2) is 12.1 Å². The highest BCUT2D eigenvalue weighted by molar-refractivity contribution is 9.09. The van der Waals surface area contributed by atoms with Crippen molar-refractivity contribution < 1.29 is 4.74 Å². The summed E-state index contributed by atoms with van der Waals surface area (Å²) in [6.07, 6.45) is 0.974. The molecule has 1 aliphatic heterocycles. The van der Waals surface area contributed by atoms with Gasteiger partial charge in [0.05, 0.1) is 6.61 Å². The molecule has 2 rings (SSSR count). The Morgan fingerprint density at radius 1 is 1.53 bits per heavy atom. The van der Waals surface area contributed by atoms with Gasteiger partial charge in [0.25, 0.3) is 0 Å². The second kappa shape index (κ2) is 5.59. The van der Waals surface area contributed by atoms with Gasteiger partial charge in [0.2, 0.25) is 0 Å². The molecule has 1 heterocycles. The quantitative estimate of drug-likeness (QED) is 0.788. The summed E-state index contributed by atoms with van der Waals surface area (Å²) >= 11 is 9.70. The minimum absolute atomic E-state index is 0.487. The maximum Gasteiger partial charge on any atom is 0.127 e. The maximum absolute atomic E-state index is 6.13. The van der Waals surface area contributed by atoms with E-state index in [9.17, 15) is 0 Å². The number of halogens is 2. The molecule has 1 aliphatic rings. The largest absolute Gasteiger partial charge is 0.493 e. The highest BCUT2D eigenvalue weighted by atomic mass is 79.9. The Balaban J connectivity index is 2.15. The molecule has 0 N–H and O–H groups in total. The SMILES string of the molecule is CC(Br)CN(C)Cc1cc(Cl)cc2c1OCC2. The van der Waals surface area contributed by atoms with Crippen molar-refractivity contribution in [1.29, 1.82) is 0 Å². The van der Waals surface area contributed by atoms with E-state index in [1.807, 2.05) is 12.1 Å². The fourth-order valence-corrected chi connectivity index (χ4v) is 3.01. The first-order chi connectivity index (χ1) is 8.06. The molecule has 0 saturated carbocycles. The Kier molecular flexibility index (Phi) is 4.34. The van der Waals surface area contributed by atoms with Crippen molar-refractivity contribution in [3.63, 3.8) is 0 Å². The fourth-order valence-electron chi connectivity index (χ4n) is 2.25. The second-order valence-electron chi connectivity index (χ2n) is 4.63. The monoisotopic (exact) mass is 317 g/mol. The summed E-state index contributed by atoms with van der Waals surface area (Å²) in [7, 11) is 2.11. The van der Waals surface area contributed by atoms with E-state index in [1.54, 1.807) is 0 Å². The van der Waals surface area contributed by atoms with Crippen molar-refractivity contribution in [2.75, 3.05) is 20.2 Å². The summed E-state index contributed by atoms with van der Waals surface area (Å²) < 4.78 is 5.69. The summed E-state index contributed by atoms with van der Waals surface area (Å²) in [5.74, 6) is 1.04. The average Bonchev–Trinajstić information content (AvgIpc) is 2.63. The van der Waals surface area contributed by atoms with Crippen LogP contribution in [0.4, 0.5) is 0 Å². The third-order valence-corrected chi connectivity index (χ3v) is 3.34. The highest BCUT2D eigenvalue weighted by Crippen LogP contribution is 2.33.